The fourth-order valence-corrected chi connectivity index (χ4v) is 1.91. The van der Waals surface area contributed by atoms with E-state index in [1.54, 1.807) is 38.1 Å². The van der Waals surface area contributed by atoms with Gasteiger partial charge >= 0.3 is 5.69 Å². The molecule has 0 amide bonds. The maximum absolute atomic E-state index is 12.2. The molecular weight excluding hydrogens is 244 g/mol. The maximum atomic E-state index is 12.2. The molecule has 5 heteroatoms. The number of nitrogens with zero attached hydrogens (tertiary/aromatic N) is 1. The Morgan fingerprint density at radius 2 is 1.95 bits per heavy atom. The molecule has 1 N–H and O–H groups in total. The SMILES string of the molecule is CC(C)C(=O)CCn1c(=O)[nH]c2ccccc2c1=O. The number of para-hydroxylation sites is 1. The second-order valence-corrected chi connectivity index (χ2v) is 4.80. The molecule has 0 fully saturated rings. The molecule has 100 valence electrons. The zero-order chi connectivity index (χ0) is 14.0. The number of rotatable bonds is 4. The molecule has 0 unspecified atom stereocenters. The van der Waals surface area contributed by atoms with E-state index in [0.717, 1.165) is 4.57 Å². The molecule has 1 aromatic carbocycles. The summed E-state index contributed by atoms with van der Waals surface area (Å²) in [5.41, 5.74) is -0.305. The molecule has 0 atom stereocenters. The lowest BCUT2D eigenvalue weighted by atomic mass is 10.1. The monoisotopic (exact) mass is 260 g/mol. The van der Waals surface area contributed by atoms with E-state index in [9.17, 15) is 14.4 Å². The second kappa shape index (κ2) is 5.22. The van der Waals surface area contributed by atoms with Gasteiger partial charge in [0.2, 0.25) is 0 Å². The number of carbonyl (C=O) groups is 1. The highest BCUT2D eigenvalue weighted by Crippen LogP contribution is 2.04. The van der Waals surface area contributed by atoms with E-state index in [1.165, 1.54) is 0 Å². The van der Waals surface area contributed by atoms with Crippen molar-refractivity contribution in [1.82, 2.24) is 9.55 Å². The number of ketones is 1. The molecule has 0 saturated carbocycles. The standard InChI is InChI=1S/C14H16N2O3/c1-9(2)12(17)7-8-16-13(18)10-5-3-4-6-11(10)15-14(16)19/h3-6,9H,7-8H2,1-2H3,(H,15,19). The average molecular weight is 260 g/mol. The van der Waals surface area contributed by atoms with Gasteiger partial charge in [-0.1, -0.05) is 26.0 Å². The first-order valence-electron chi connectivity index (χ1n) is 6.25. The molecule has 19 heavy (non-hydrogen) atoms. The third kappa shape index (κ3) is 2.65. The lowest BCUT2D eigenvalue weighted by Gasteiger charge is -2.07. The Hall–Kier alpha value is -2.17. The fraction of sp³-hybridized carbons (Fsp3) is 0.357. The number of benzene rings is 1. The van der Waals surface area contributed by atoms with Crippen LogP contribution in [0.25, 0.3) is 10.9 Å². The van der Waals surface area contributed by atoms with Gasteiger partial charge in [0.25, 0.3) is 5.56 Å². The summed E-state index contributed by atoms with van der Waals surface area (Å²) < 4.78 is 1.09. The van der Waals surface area contributed by atoms with Crippen molar-refractivity contribution in [3.8, 4) is 0 Å². The molecule has 1 heterocycles. The van der Waals surface area contributed by atoms with Gasteiger partial charge in [-0.25, -0.2) is 4.79 Å². The highest BCUT2D eigenvalue weighted by atomic mass is 16.2. The summed E-state index contributed by atoms with van der Waals surface area (Å²) in [6.45, 7) is 3.72. The van der Waals surface area contributed by atoms with E-state index in [2.05, 4.69) is 4.98 Å². The Labute approximate surface area is 109 Å². The van der Waals surface area contributed by atoms with E-state index in [4.69, 9.17) is 0 Å². The van der Waals surface area contributed by atoms with Crippen LogP contribution in [0.5, 0.6) is 0 Å². The molecule has 0 aliphatic heterocycles. The van der Waals surface area contributed by atoms with E-state index >= 15 is 0 Å². The summed E-state index contributed by atoms with van der Waals surface area (Å²) in [5, 5.41) is 0.457. The smallest absolute Gasteiger partial charge is 0.307 e. The van der Waals surface area contributed by atoms with Gasteiger partial charge in [0.15, 0.2) is 0 Å². The first kappa shape index (κ1) is 13.3. The number of hydrogen-bond donors (Lipinski definition) is 1. The Morgan fingerprint density at radius 3 is 2.63 bits per heavy atom. The number of carbonyl (C=O) groups excluding carboxylic acids is 1. The topological polar surface area (TPSA) is 71.9 Å². The summed E-state index contributed by atoms with van der Waals surface area (Å²) in [7, 11) is 0. The van der Waals surface area contributed by atoms with Crippen LogP contribution in [0.2, 0.25) is 0 Å². The van der Waals surface area contributed by atoms with E-state index in [-0.39, 0.29) is 30.2 Å². The first-order chi connectivity index (χ1) is 9.00. The number of hydrogen-bond acceptors (Lipinski definition) is 3. The number of fused-ring (bicyclic) bond motifs is 1. The maximum Gasteiger partial charge on any atom is 0.328 e. The van der Waals surface area contributed by atoms with Crippen LogP contribution in [-0.4, -0.2) is 15.3 Å². The summed E-state index contributed by atoms with van der Waals surface area (Å²) in [4.78, 5) is 38.2. The van der Waals surface area contributed by atoms with Crippen molar-refractivity contribution in [3.63, 3.8) is 0 Å². The molecular formula is C14H16N2O3. The number of H-pyrrole nitrogens is 1. The Morgan fingerprint density at radius 1 is 1.26 bits per heavy atom. The Balaban J connectivity index is 2.41. The van der Waals surface area contributed by atoms with Gasteiger partial charge in [0.05, 0.1) is 10.9 Å². The molecule has 1 aromatic heterocycles. The van der Waals surface area contributed by atoms with Crippen LogP contribution in [-0.2, 0) is 11.3 Å². The van der Waals surface area contributed by atoms with Crippen LogP contribution in [0.4, 0.5) is 0 Å². The van der Waals surface area contributed by atoms with Crippen molar-refractivity contribution < 1.29 is 4.79 Å². The minimum absolute atomic E-state index is 0.0412. The Kier molecular flexibility index (Phi) is 3.64. The van der Waals surface area contributed by atoms with E-state index < -0.39 is 5.69 Å². The molecule has 0 aliphatic carbocycles. The highest BCUT2D eigenvalue weighted by Gasteiger charge is 2.11. The molecule has 0 radical (unpaired) electrons. The summed E-state index contributed by atoms with van der Waals surface area (Å²) in [5.74, 6) is -0.0466. The Bertz CT molecular complexity index is 725. The van der Waals surface area contributed by atoms with Crippen LogP contribution < -0.4 is 11.2 Å². The third-order valence-corrected chi connectivity index (χ3v) is 3.12. The van der Waals surface area contributed by atoms with Crippen molar-refractivity contribution in [1.29, 1.82) is 0 Å². The fourth-order valence-electron chi connectivity index (χ4n) is 1.91. The lowest BCUT2D eigenvalue weighted by Crippen LogP contribution is -2.35. The van der Waals surface area contributed by atoms with Crippen LogP contribution in [0.1, 0.15) is 20.3 Å². The largest absolute Gasteiger partial charge is 0.328 e. The number of Topliss-reactive ketones (excluding diaryl/α,β-unsaturated/α-hetero) is 1. The molecule has 2 aromatic rings. The molecule has 2 rings (SSSR count). The van der Waals surface area contributed by atoms with Crippen LogP contribution in [0.15, 0.2) is 33.9 Å². The van der Waals surface area contributed by atoms with Crippen LogP contribution >= 0.6 is 0 Å². The average Bonchev–Trinajstić information content (AvgIpc) is 2.38. The number of aromatic amines is 1. The minimum Gasteiger partial charge on any atom is -0.307 e. The molecule has 5 nitrogen and oxygen atoms in total. The van der Waals surface area contributed by atoms with Crippen molar-refractivity contribution in [3.05, 3.63) is 45.1 Å². The molecule has 0 aliphatic rings. The molecule has 0 spiro atoms. The third-order valence-electron chi connectivity index (χ3n) is 3.12. The van der Waals surface area contributed by atoms with E-state index in [0.29, 0.717) is 10.9 Å². The van der Waals surface area contributed by atoms with Crippen molar-refractivity contribution in [2.24, 2.45) is 5.92 Å². The predicted molar refractivity (Wildman–Crippen MR) is 73.3 cm³/mol. The molecule has 0 bridgehead atoms. The number of nitrogens with one attached hydrogen (secondary N) is 1. The van der Waals surface area contributed by atoms with Gasteiger partial charge in [0, 0.05) is 18.9 Å². The van der Waals surface area contributed by atoms with Gasteiger partial charge < -0.3 is 4.98 Å². The molecule has 0 saturated heterocycles. The van der Waals surface area contributed by atoms with Gasteiger partial charge in [0.1, 0.15) is 5.78 Å². The van der Waals surface area contributed by atoms with Crippen LogP contribution in [0, 0.1) is 5.92 Å². The zero-order valence-corrected chi connectivity index (χ0v) is 11.0. The van der Waals surface area contributed by atoms with Crippen LogP contribution in [0.3, 0.4) is 0 Å². The van der Waals surface area contributed by atoms with Crippen molar-refractivity contribution >= 4 is 16.7 Å². The first-order valence-corrected chi connectivity index (χ1v) is 6.25. The minimum atomic E-state index is -0.472. The highest BCUT2D eigenvalue weighted by molar-refractivity contribution is 5.80. The lowest BCUT2D eigenvalue weighted by molar-refractivity contribution is -0.122. The predicted octanol–water partition coefficient (Wildman–Crippen LogP) is 1.30. The quantitative estimate of drug-likeness (QED) is 0.900. The van der Waals surface area contributed by atoms with Crippen molar-refractivity contribution in [2.45, 2.75) is 26.8 Å². The van der Waals surface area contributed by atoms with Crippen molar-refractivity contribution in [2.75, 3.05) is 0 Å². The van der Waals surface area contributed by atoms with Gasteiger partial charge in [-0.3, -0.25) is 14.2 Å². The summed E-state index contributed by atoms with van der Waals surface area (Å²) >= 11 is 0. The van der Waals surface area contributed by atoms with Gasteiger partial charge in [-0.05, 0) is 12.1 Å². The zero-order valence-electron chi connectivity index (χ0n) is 11.0. The summed E-state index contributed by atoms with van der Waals surface area (Å²) in [6, 6.07) is 6.84. The number of aromatic nitrogens is 2. The normalized spacial score (nSPS) is 11.1. The summed E-state index contributed by atoms with van der Waals surface area (Å²) in [6.07, 6.45) is 0.193. The van der Waals surface area contributed by atoms with Gasteiger partial charge in [-0.15, -0.1) is 0 Å². The second-order valence-electron chi connectivity index (χ2n) is 4.80. The van der Waals surface area contributed by atoms with Gasteiger partial charge in [-0.2, -0.15) is 0 Å². The van der Waals surface area contributed by atoms with E-state index in [1.807, 2.05) is 0 Å².